The van der Waals surface area contributed by atoms with E-state index in [0.717, 1.165) is 0 Å². The molecule has 23 heavy (non-hydrogen) atoms. The molecule has 0 aliphatic carbocycles. The van der Waals surface area contributed by atoms with Gasteiger partial charge in [0.15, 0.2) is 0 Å². The Bertz CT molecular complexity index is 727. The van der Waals surface area contributed by atoms with Crippen LogP contribution in [0.1, 0.15) is 10.4 Å². The normalized spacial score (nSPS) is 31.0. The summed E-state index contributed by atoms with van der Waals surface area (Å²) in [6, 6.07) is 4.14. The molecule has 3 heterocycles. The molecule has 6 nitrogen and oxygen atoms in total. The second-order valence-electron chi connectivity index (χ2n) is 5.51. The molecule has 2 amide bonds. The zero-order valence-electron chi connectivity index (χ0n) is 11.4. The van der Waals surface area contributed by atoms with Crippen LogP contribution in [0.15, 0.2) is 30.4 Å². The van der Waals surface area contributed by atoms with Gasteiger partial charge in [-0.3, -0.25) is 9.59 Å². The molecule has 1 aromatic carbocycles. The molecule has 2 saturated heterocycles. The molecule has 4 rings (SSSR count). The fraction of sp³-hybridized carbons (Fsp3) is 0.267. The van der Waals surface area contributed by atoms with Crippen LogP contribution in [0.2, 0.25) is 10.0 Å². The van der Waals surface area contributed by atoms with Crippen molar-refractivity contribution in [1.82, 2.24) is 5.06 Å². The number of carbonyl (C=O) groups excluding carboxylic acids is 3. The minimum Gasteiger partial charge on any atom is -0.365 e. The number of amides is 2. The van der Waals surface area contributed by atoms with Crippen molar-refractivity contribution in [2.45, 2.75) is 12.2 Å². The van der Waals surface area contributed by atoms with Crippen molar-refractivity contribution in [1.29, 1.82) is 0 Å². The van der Waals surface area contributed by atoms with Gasteiger partial charge < -0.3 is 9.57 Å². The highest BCUT2D eigenvalue weighted by Gasteiger charge is 2.62. The molecule has 3 aliphatic heterocycles. The molecule has 2 bridgehead atoms. The highest BCUT2D eigenvalue weighted by Crippen LogP contribution is 2.45. The van der Waals surface area contributed by atoms with Crippen molar-refractivity contribution < 1.29 is 24.0 Å². The fourth-order valence-corrected chi connectivity index (χ4v) is 3.70. The van der Waals surface area contributed by atoms with Crippen LogP contribution in [-0.4, -0.2) is 35.1 Å². The zero-order valence-corrected chi connectivity index (χ0v) is 13.0. The number of fused-ring (bicyclic) bond motifs is 5. The van der Waals surface area contributed by atoms with Gasteiger partial charge in [0.25, 0.3) is 11.8 Å². The highest BCUT2D eigenvalue weighted by atomic mass is 35.5. The van der Waals surface area contributed by atoms with Gasteiger partial charge in [-0.05, 0) is 18.2 Å². The number of hydrogen-bond donors (Lipinski definition) is 0. The summed E-state index contributed by atoms with van der Waals surface area (Å²) in [7, 11) is 0. The van der Waals surface area contributed by atoms with Crippen LogP contribution in [0.25, 0.3) is 0 Å². The Labute approximate surface area is 140 Å². The van der Waals surface area contributed by atoms with Crippen LogP contribution >= 0.6 is 23.2 Å². The van der Waals surface area contributed by atoms with Crippen LogP contribution in [0, 0.1) is 11.8 Å². The van der Waals surface area contributed by atoms with E-state index >= 15 is 0 Å². The lowest BCUT2D eigenvalue weighted by Crippen LogP contribution is -2.36. The van der Waals surface area contributed by atoms with E-state index in [0.29, 0.717) is 5.06 Å². The van der Waals surface area contributed by atoms with E-state index < -0.39 is 41.8 Å². The fourth-order valence-electron chi connectivity index (χ4n) is 3.17. The van der Waals surface area contributed by atoms with Gasteiger partial charge in [-0.1, -0.05) is 35.4 Å². The first-order chi connectivity index (χ1) is 11.0. The number of rotatable bonds is 2. The zero-order chi connectivity index (χ0) is 16.3. The van der Waals surface area contributed by atoms with Crippen molar-refractivity contribution in [3.8, 4) is 0 Å². The van der Waals surface area contributed by atoms with E-state index in [1.54, 1.807) is 12.2 Å². The average Bonchev–Trinajstić information content (AvgIpc) is 3.16. The molecule has 0 spiro atoms. The van der Waals surface area contributed by atoms with Crippen LogP contribution in [0.5, 0.6) is 0 Å². The molecule has 4 atom stereocenters. The van der Waals surface area contributed by atoms with Gasteiger partial charge in [-0.2, -0.15) is 0 Å². The third-order valence-corrected chi connectivity index (χ3v) is 4.58. The maximum absolute atomic E-state index is 12.3. The molecular weight excluding hydrogens is 345 g/mol. The molecule has 0 N–H and O–H groups in total. The molecule has 3 aliphatic rings. The monoisotopic (exact) mass is 353 g/mol. The number of hydroxylamine groups is 2. The van der Waals surface area contributed by atoms with Gasteiger partial charge in [0, 0.05) is 10.0 Å². The molecule has 0 saturated carbocycles. The first-order valence-electron chi connectivity index (χ1n) is 6.86. The maximum Gasteiger partial charge on any atom is 0.364 e. The quantitative estimate of drug-likeness (QED) is 0.600. The van der Waals surface area contributed by atoms with Crippen molar-refractivity contribution in [2.75, 3.05) is 0 Å². The van der Waals surface area contributed by atoms with Gasteiger partial charge in [0.1, 0.15) is 0 Å². The van der Waals surface area contributed by atoms with E-state index in [1.165, 1.54) is 18.2 Å². The van der Waals surface area contributed by atoms with Gasteiger partial charge in [0.2, 0.25) is 0 Å². The van der Waals surface area contributed by atoms with Gasteiger partial charge >= 0.3 is 5.97 Å². The Hall–Kier alpha value is -1.89. The van der Waals surface area contributed by atoms with E-state index in [4.69, 9.17) is 32.8 Å². The lowest BCUT2D eigenvalue weighted by molar-refractivity contribution is -0.177. The summed E-state index contributed by atoms with van der Waals surface area (Å²) < 4.78 is 5.49. The predicted molar refractivity (Wildman–Crippen MR) is 78.5 cm³/mol. The smallest absolute Gasteiger partial charge is 0.364 e. The third-order valence-electron chi connectivity index (χ3n) is 4.14. The van der Waals surface area contributed by atoms with E-state index in [1.807, 2.05) is 0 Å². The summed E-state index contributed by atoms with van der Waals surface area (Å²) in [6.45, 7) is 0. The number of benzene rings is 1. The molecule has 8 heteroatoms. The van der Waals surface area contributed by atoms with Crippen LogP contribution in [0.3, 0.4) is 0 Å². The second-order valence-corrected chi connectivity index (χ2v) is 6.38. The second kappa shape index (κ2) is 5.06. The van der Waals surface area contributed by atoms with E-state index in [9.17, 15) is 14.4 Å². The van der Waals surface area contributed by atoms with Crippen LogP contribution in [-0.2, 0) is 19.2 Å². The van der Waals surface area contributed by atoms with Gasteiger partial charge in [0.05, 0.1) is 29.6 Å². The summed E-state index contributed by atoms with van der Waals surface area (Å²) in [4.78, 5) is 41.8. The molecule has 0 unspecified atom stereocenters. The minimum absolute atomic E-state index is 0.0532. The standard InChI is InChI=1S/C15H9Cl2NO5/c16-7-3-6(4-8(17)5-7)15(21)23-18-13(19)11-9-1-2-10(22-9)12(11)14(18)20/h1-5,9-12H/t9-,10+,11-,12+. The summed E-state index contributed by atoms with van der Waals surface area (Å²) in [5, 5.41) is 1.02. The van der Waals surface area contributed by atoms with E-state index in [2.05, 4.69) is 0 Å². The SMILES string of the molecule is O=C(ON1C(=O)[C@@H]2[C@H](C1=O)[C@H]1C=C[C@@H]2O1)c1cc(Cl)cc(Cl)c1. The number of nitrogens with zero attached hydrogens (tertiary/aromatic N) is 1. The number of carbonyl (C=O) groups is 3. The first kappa shape index (κ1) is 14.7. The average molecular weight is 354 g/mol. The summed E-state index contributed by atoms with van der Waals surface area (Å²) in [6.07, 6.45) is 2.62. The van der Waals surface area contributed by atoms with Gasteiger partial charge in [-0.25, -0.2) is 4.79 Å². The number of imide groups is 1. The third kappa shape index (κ3) is 2.17. The number of hydrogen-bond acceptors (Lipinski definition) is 5. The van der Waals surface area contributed by atoms with Crippen LogP contribution in [0.4, 0.5) is 0 Å². The topological polar surface area (TPSA) is 72.9 Å². The molecule has 0 radical (unpaired) electrons. The summed E-state index contributed by atoms with van der Waals surface area (Å²) in [5.74, 6) is -3.28. The number of ether oxygens (including phenoxy) is 1. The number of halogens is 2. The molecular formula is C15H9Cl2NO5. The highest BCUT2D eigenvalue weighted by molar-refractivity contribution is 6.35. The Morgan fingerprint density at radius 1 is 1.00 bits per heavy atom. The Morgan fingerprint density at radius 2 is 1.52 bits per heavy atom. The minimum atomic E-state index is -0.878. The molecule has 2 fully saturated rings. The lowest BCUT2D eigenvalue weighted by atomic mass is 9.85. The Kier molecular flexibility index (Phi) is 3.23. The summed E-state index contributed by atoms with van der Waals surface area (Å²) in [5.41, 5.74) is 0.0532. The Balaban J connectivity index is 1.57. The lowest BCUT2D eigenvalue weighted by Gasteiger charge is -2.16. The predicted octanol–water partition coefficient (Wildman–Crippen LogP) is 2.00. The summed E-state index contributed by atoms with van der Waals surface area (Å²) >= 11 is 11.7. The van der Waals surface area contributed by atoms with Crippen molar-refractivity contribution in [2.24, 2.45) is 11.8 Å². The van der Waals surface area contributed by atoms with Gasteiger partial charge in [-0.15, -0.1) is 5.06 Å². The first-order valence-corrected chi connectivity index (χ1v) is 7.61. The molecule has 0 aromatic heterocycles. The Morgan fingerprint density at radius 3 is 2.04 bits per heavy atom. The largest absolute Gasteiger partial charge is 0.365 e. The van der Waals surface area contributed by atoms with Crippen LogP contribution < -0.4 is 0 Å². The maximum atomic E-state index is 12.3. The van der Waals surface area contributed by atoms with Crippen molar-refractivity contribution in [3.05, 3.63) is 46.0 Å². The molecule has 118 valence electrons. The van der Waals surface area contributed by atoms with E-state index in [-0.39, 0.29) is 15.6 Å². The van der Waals surface area contributed by atoms with Crippen molar-refractivity contribution in [3.63, 3.8) is 0 Å². The molecule has 1 aromatic rings. The van der Waals surface area contributed by atoms with Crippen molar-refractivity contribution >= 4 is 41.0 Å².